The van der Waals surface area contributed by atoms with Crippen molar-refractivity contribution >= 4 is 0 Å². The molecule has 0 radical (unpaired) electrons. The van der Waals surface area contributed by atoms with Crippen molar-refractivity contribution in [3.63, 3.8) is 0 Å². The highest BCUT2D eigenvalue weighted by molar-refractivity contribution is 5.59. The van der Waals surface area contributed by atoms with E-state index in [0.29, 0.717) is 5.56 Å². The summed E-state index contributed by atoms with van der Waals surface area (Å²) in [5.41, 5.74) is 9.34. The molecule has 100 valence electrons. The molecular formula is C15H19N3O. The molecule has 0 fully saturated rings. The van der Waals surface area contributed by atoms with E-state index in [-0.39, 0.29) is 11.6 Å². The minimum Gasteiger partial charge on any atom is -0.324 e. The number of hydrogen-bond acceptors (Lipinski definition) is 3. The minimum absolute atomic E-state index is 0.135. The number of nitrogens with zero attached hydrogens (tertiary/aromatic N) is 2. The van der Waals surface area contributed by atoms with Crippen LogP contribution in [-0.4, -0.2) is 9.78 Å². The Bertz CT molecular complexity index is 627. The molecule has 0 saturated heterocycles. The predicted octanol–water partition coefficient (Wildman–Crippen LogP) is 2.03. The van der Waals surface area contributed by atoms with Crippen molar-refractivity contribution in [3.8, 4) is 11.3 Å². The zero-order valence-corrected chi connectivity index (χ0v) is 11.6. The molecule has 1 unspecified atom stereocenters. The molecule has 0 saturated carbocycles. The zero-order chi connectivity index (χ0) is 14.0. The Balaban J connectivity index is 2.52. The fourth-order valence-electron chi connectivity index (χ4n) is 2.01. The Morgan fingerprint density at radius 3 is 2.47 bits per heavy atom. The van der Waals surface area contributed by atoms with E-state index < -0.39 is 0 Å². The Morgan fingerprint density at radius 1 is 1.32 bits per heavy atom. The molecule has 1 aromatic carbocycles. The standard InChI is InChI=1S/C15H19N3O/c1-4-11-5-7-12(8-6-11)14-9-13(10(2)16)15(19)18(3)17-14/h5-10H,4,16H2,1-3H3. The van der Waals surface area contributed by atoms with Gasteiger partial charge >= 0.3 is 0 Å². The van der Waals surface area contributed by atoms with Gasteiger partial charge in [-0.25, -0.2) is 4.68 Å². The van der Waals surface area contributed by atoms with Crippen molar-refractivity contribution in [3.05, 3.63) is 51.8 Å². The maximum Gasteiger partial charge on any atom is 0.271 e. The van der Waals surface area contributed by atoms with Gasteiger partial charge in [0.05, 0.1) is 5.69 Å². The molecule has 19 heavy (non-hydrogen) atoms. The van der Waals surface area contributed by atoms with Crippen LogP contribution in [0.25, 0.3) is 11.3 Å². The van der Waals surface area contributed by atoms with E-state index in [4.69, 9.17) is 5.73 Å². The average molecular weight is 257 g/mol. The van der Waals surface area contributed by atoms with Gasteiger partial charge in [-0.2, -0.15) is 5.10 Å². The third-order valence-corrected chi connectivity index (χ3v) is 3.24. The predicted molar refractivity (Wildman–Crippen MR) is 76.9 cm³/mol. The molecule has 1 heterocycles. The van der Waals surface area contributed by atoms with Crippen LogP contribution in [0.5, 0.6) is 0 Å². The molecule has 2 N–H and O–H groups in total. The summed E-state index contributed by atoms with van der Waals surface area (Å²) in [4.78, 5) is 11.9. The van der Waals surface area contributed by atoms with Gasteiger partial charge in [0.2, 0.25) is 0 Å². The second-order valence-electron chi connectivity index (χ2n) is 4.75. The van der Waals surface area contributed by atoms with Crippen molar-refractivity contribution in [1.82, 2.24) is 9.78 Å². The number of hydrogen-bond donors (Lipinski definition) is 1. The van der Waals surface area contributed by atoms with E-state index >= 15 is 0 Å². The van der Waals surface area contributed by atoms with Crippen LogP contribution in [0.4, 0.5) is 0 Å². The summed E-state index contributed by atoms with van der Waals surface area (Å²) < 4.78 is 1.35. The molecule has 0 aliphatic heterocycles. The Labute approximate surface area is 112 Å². The van der Waals surface area contributed by atoms with Crippen molar-refractivity contribution in [2.75, 3.05) is 0 Å². The monoisotopic (exact) mass is 257 g/mol. The fraction of sp³-hybridized carbons (Fsp3) is 0.333. The maximum absolute atomic E-state index is 11.9. The van der Waals surface area contributed by atoms with Crippen LogP contribution in [-0.2, 0) is 13.5 Å². The molecule has 2 aromatic rings. The number of aromatic nitrogens is 2. The van der Waals surface area contributed by atoms with Crippen molar-refractivity contribution in [1.29, 1.82) is 0 Å². The van der Waals surface area contributed by atoms with Gasteiger partial charge in [-0.1, -0.05) is 31.2 Å². The smallest absolute Gasteiger partial charge is 0.271 e. The van der Waals surface area contributed by atoms with Gasteiger partial charge in [-0.15, -0.1) is 0 Å². The van der Waals surface area contributed by atoms with Crippen LogP contribution in [0.1, 0.15) is 31.0 Å². The number of aryl methyl sites for hydroxylation is 2. The third-order valence-electron chi connectivity index (χ3n) is 3.24. The quantitative estimate of drug-likeness (QED) is 0.915. The molecule has 0 bridgehead atoms. The second-order valence-corrected chi connectivity index (χ2v) is 4.75. The van der Waals surface area contributed by atoms with Gasteiger partial charge in [-0.3, -0.25) is 4.79 Å². The molecule has 0 aliphatic carbocycles. The van der Waals surface area contributed by atoms with Gasteiger partial charge in [0.1, 0.15) is 0 Å². The first-order valence-corrected chi connectivity index (χ1v) is 6.46. The maximum atomic E-state index is 11.9. The summed E-state index contributed by atoms with van der Waals surface area (Å²) in [7, 11) is 1.65. The molecule has 0 spiro atoms. The average Bonchev–Trinajstić information content (AvgIpc) is 2.41. The lowest BCUT2D eigenvalue weighted by molar-refractivity contribution is 0.675. The van der Waals surface area contributed by atoms with Crippen LogP contribution in [0.15, 0.2) is 35.1 Å². The van der Waals surface area contributed by atoms with Crippen LogP contribution in [0, 0.1) is 0 Å². The van der Waals surface area contributed by atoms with Crippen LogP contribution in [0.3, 0.4) is 0 Å². The first-order chi connectivity index (χ1) is 9.02. The summed E-state index contributed by atoms with van der Waals surface area (Å²) in [5, 5.41) is 4.29. The van der Waals surface area contributed by atoms with E-state index in [9.17, 15) is 4.79 Å². The minimum atomic E-state index is -0.296. The van der Waals surface area contributed by atoms with Gasteiger partial charge in [0.25, 0.3) is 5.56 Å². The Morgan fingerprint density at radius 2 is 1.95 bits per heavy atom. The van der Waals surface area contributed by atoms with Crippen LogP contribution >= 0.6 is 0 Å². The Hall–Kier alpha value is -1.94. The zero-order valence-electron chi connectivity index (χ0n) is 11.6. The van der Waals surface area contributed by atoms with Crippen LogP contribution < -0.4 is 11.3 Å². The highest BCUT2D eigenvalue weighted by Gasteiger charge is 2.11. The van der Waals surface area contributed by atoms with Crippen LogP contribution in [0.2, 0.25) is 0 Å². The topological polar surface area (TPSA) is 60.9 Å². The van der Waals surface area contributed by atoms with Crippen molar-refractivity contribution in [2.45, 2.75) is 26.3 Å². The lowest BCUT2D eigenvalue weighted by Crippen LogP contribution is -2.27. The van der Waals surface area contributed by atoms with Gasteiger partial charge < -0.3 is 5.73 Å². The molecule has 0 aliphatic rings. The number of rotatable bonds is 3. The molecule has 2 rings (SSSR count). The number of benzene rings is 1. The first-order valence-electron chi connectivity index (χ1n) is 6.46. The van der Waals surface area contributed by atoms with E-state index in [2.05, 4.69) is 24.2 Å². The van der Waals surface area contributed by atoms with Crippen molar-refractivity contribution in [2.24, 2.45) is 12.8 Å². The summed E-state index contributed by atoms with van der Waals surface area (Å²) in [6, 6.07) is 9.69. The molecule has 1 atom stereocenters. The first kappa shape index (κ1) is 13.5. The lowest BCUT2D eigenvalue weighted by atomic mass is 10.0. The van der Waals surface area contributed by atoms with E-state index in [1.54, 1.807) is 20.0 Å². The Kier molecular flexibility index (Phi) is 3.81. The second kappa shape index (κ2) is 5.36. The third kappa shape index (κ3) is 2.74. The SMILES string of the molecule is CCc1ccc(-c2cc(C(C)N)c(=O)n(C)n2)cc1. The summed E-state index contributed by atoms with van der Waals surface area (Å²) >= 11 is 0. The lowest BCUT2D eigenvalue weighted by Gasteiger charge is -2.10. The molecule has 4 nitrogen and oxygen atoms in total. The summed E-state index contributed by atoms with van der Waals surface area (Å²) in [6.45, 7) is 3.92. The normalized spacial score (nSPS) is 12.4. The van der Waals surface area contributed by atoms with Gasteiger partial charge in [-0.05, 0) is 25.0 Å². The summed E-state index contributed by atoms with van der Waals surface area (Å²) in [6.07, 6.45) is 1.01. The highest BCUT2D eigenvalue weighted by Crippen LogP contribution is 2.19. The van der Waals surface area contributed by atoms with E-state index in [1.165, 1.54) is 10.2 Å². The summed E-state index contributed by atoms with van der Waals surface area (Å²) in [5.74, 6) is 0. The van der Waals surface area contributed by atoms with Gasteiger partial charge in [0.15, 0.2) is 0 Å². The fourth-order valence-corrected chi connectivity index (χ4v) is 2.01. The molecular weight excluding hydrogens is 238 g/mol. The molecule has 1 aromatic heterocycles. The highest BCUT2D eigenvalue weighted by atomic mass is 16.1. The largest absolute Gasteiger partial charge is 0.324 e. The number of nitrogens with two attached hydrogens (primary N) is 1. The molecule has 4 heteroatoms. The van der Waals surface area contributed by atoms with Gasteiger partial charge in [0, 0.05) is 24.2 Å². The molecule has 0 amide bonds. The van der Waals surface area contributed by atoms with E-state index in [1.807, 2.05) is 12.1 Å². The van der Waals surface area contributed by atoms with E-state index in [0.717, 1.165) is 17.7 Å². The van der Waals surface area contributed by atoms with Crippen molar-refractivity contribution < 1.29 is 0 Å².